The van der Waals surface area contributed by atoms with E-state index in [-0.39, 0.29) is 5.69 Å². The summed E-state index contributed by atoms with van der Waals surface area (Å²) in [6.07, 6.45) is 1.15. The van der Waals surface area contributed by atoms with E-state index in [1.807, 2.05) is 31.3 Å². The monoisotopic (exact) mass is 520 g/mol. The van der Waals surface area contributed by atoms with Crippen molar-refractivity contribution in [2.45, 2.75) is 13.2 Å². The third-order valence-electron chi connectivity index (χ3n) is 6.77. The summed E-state index contributed by atoms with van der Waals surface area (Å²) in [4.78, 5) is 17.5. The molecule has 1 aliphatic rings. The summed E-state index contributed by atoms with van der Waals surface area (Å²) in [5, 5.41) is 19.0. The molecule has 0 radical (unpaired) electrons. The van der Waals surface area contributed by atoms with E-state index in [2.05, 4.69) is 20.2 Å². The molecule has 0 bridgehead atoms. The minimum Gasteiger partial charge on any atom is -0.494 e. The lowest BCUT2D eigenvalue weighted by Crippen LogP contribution is -2.27. The number of nitrogens with zero attached hydrogens (tertiary/aromatic N) is 4. The number of nitrogens with one attached hydrogen (secondary N) is 2. The van der Waals surface area contributed by atoms with Crippen LogP contribution in [-0.2, 0) is 17.9 Å². The molecule has 38 heavy (non-hydrogen) atoms. The summed E-state index contributed by atoms with van der Waals surface area (Å²) in [6.45, 7) is 2.87. The van der Waals surface area contributed by atoms with Crippen molar-refractivity contribution in [2.75, 3.05) is 51.1 Å². The zero-order valence-corrected chi connectivity index (χ0v) is 21.5. The molecule has 5 rings (SSSR count). The summed E-state index contributed by atoms with van der Waals surface area (Å²) in [5.74, 6) is 0.250. The van der Waals surface area contributed by atoms with Gasteiger partial charge < -0.3 is 29.6 Å². The van der Waals surface area contributed by atoms with Gasteiger partial charge in [-0.25, -0.2) is 9.37 Å². The molecule has 0 saturated heterocycles. The molecular formula is C27H29FN6O4. The van der Waals surface area contributed by atoms with Crippen molar-refractivity contribution in [3.8, 4) is 16.9 Å². The largest absolute Gasteiger partial charge is 0.494 e. The molecule has 0 aliphatic carbocycles. The van der Waals surface area contributed by atoms with Gasteiger partial charge in [-0.05, 0) is 19.2 Å². The number of hydrogen-bond acceptors (Lipinski definition) is 8. The van der Waals surface area contributed by atoms with Gasteiger partial charge in [0.25, 0.3) is 5.69 Å². The quantitative estimate of drug-likeness (QED) is 0.242. The molecule has 0 spiro atoms. The van der Waals surface area contributed by atoms with Gasteiger partial charge in [-0.2, -0.15) is 0 Å². The van der Waals surface area contributed by atoms with Crippen molar-refractivity contribution < 1.29 is 18.8 Å². The number of ether oxygens (including phenoxy) is 2. The highest BCUT2D eigenvalue weighted by Crippen LogP contribution is 2.41. The fraction of sp³-hybridized carbons (Fsp3) is 0.296. The van der Waals surface area contributed by atoms with Gasteiger partial charge >= 0.3 is 0 Å². The standard InChI is InChI=1S/C27H29FN6O4/c1-29-8-9-32(2)22-14-25(37-3)20(13-23(22)34(35)36)31-26-12-18(19(28)15-30-26)27-17-6-4-5-7-21(17)33-10-11-38-16-24(27)33/h4-7,12-15,29H,8-11,16H2,1-3H3,(H,30,31). The SMILES string of the molecule is CNCCN(C)c1cc(OC)c(Nc2cc(-c3c4n(c5ccccc35)CCOC4)c(F)cn2)cc1[N+](=O)[O-]. The van der Waals surface area contributed by atoms with Crippen molar-refractivity contribution in [1.82, 2.24) is 14.9 Å². The van der Waals surface area contributed by atoms with Crippen LogP contribution in [0.3, 0.4) is 0 Å². The molecule has 1 aliphatic heterocycles. The number of likely N-dealkylation sites (N-methyl/N-ethyl adjacent to an activating group) is 2. The van der Waals surface area contributed by atoms with Crippen LogP contribution in [0.25, 0.3) is 22.0 Å². The summed E-state index contributed by atoms with van der Waals surface area (Å²) in [7, 11) is 5.10. The van der Waals surface area contributed by atoms with Crippen LogP contribution < -0.4 is 20.3 Å². The lowest BCUT2D eigenvalue weighted by atomic mass is 10.0. The Labute approximate surface area is 219 Å². The second kappa shape index (κ2) is 10.6. The van der Waals surface area contributed by atoms with Crippen LogP contribution in [0.4, 0.5) is 27.3 Å². The van der Waals surface area contributed by atoms with Crippen LogP contribution in [0.15, 0.2) is 48.7 Å². The van der Waals surface area contributed by atoms with Crippen molar-refractivity contribution >= 4 is 33.8 Å². The topological polar surface area (TPSA) is 107 Å². The van der Waals surface area contributed by atoms with Crippen molar-refractivity contribution in [2.24, 2.45) is 0 Å². The van der Waals surface area contributed by atoms with Gasteiger partial charge in [0.15, 0.2) is 0 Å². The fourth-order valence-electron chi connectivity index (χ4n) is 4.90. The van der Waals surface area contributed by atoms with Gasteiger partial charge in [0.2, 0.25) is 0 Å². The normalized spacial score (nSPS) is 12.8. The first-order chi connectivity index (χ1) is 18.4. The van der Waals surface area contributed by atoms with Gasteiger partial charge in [-0.1, -0.05) is 18.2 Å². The van der Waals surface area contributed by atoms with Crippen LogP contribution in [0, 0.1) is 15.9 Å². The summed E-state index contributed by atoms with van der Waals surface area (Å²) in [6, 6.07) is 12.5. The number of nitro groups is 1. The number of methoxy groups -OCH3 is 1. The number of hydrogen-bond donors (Lipinski definition) is 2. The Morgan fingerprint density at radius 1 is 1.29 bits per heavy atom. The first-order valence-electron chi connectivity index (χ1n) is 12.3. The van der Waals surface area contributed by atoms with Crippen LogP contribution in [0.2, 0.25) is 0 Å². The van der Waals surface area contributed by atoms with Crippen LogP contribution in [0.5, 0.6) is 5.75 Å². The Morgan fingerprint density at radius 3 is 2.87 bits per heavy atom. The van der Waals surface area contributed by atoms with E-state index in [9.17, 15) is 10.1 Å². The third kappa shape index (κ3) is 4.61. The Balaban J connectivity index is 1.57. The van der Waals surface area contributed by atoms with E-state index in [1.165, 1.54) is 13.2 Å². The molecule has 10 nitrogen and oxygen atoms in total. The average Bonchev–Trinajstić information content (AvgIpc) is 3.26. The Hall–Kier alpha value is -4.22. The maximum absolute atomic E-state index is 15.3. The number of fused-ring (bicyclic) bond motifs is 3. The average molecular weight is 521 g/mol. The fourth-order valence-corrected chi connectivity index (χ4v) is 4.90. The predicted octanol–water partition coefficient (Wildman–Crippen LogP) is 4.69. The van der Waals surface area contributed by atoms with E-state index >= 15 is 4.39 Å². The van der Waals surface area contributed by atoms with E-state index < -0.39 is 10.7 Å². The van der Waals surface area contributed by atoms with Gasteiger partial charge in [0, 0.05) is 60.8 Å². The van der Waals surface area contributed by atoms with Gasteiger partial charge in [-0.15, -0.1) is 0 Å². The maximum Gasteiger partial charge on any atom is 0.294 e. The number of benzene rings is 2. The van der Waals surface area contributed by atoms with Crippen molar-refractivity contribution in [3.63, 3.8) is 0 Å². The maximum atomic E-state index is 15.3. The molecule has 2 aromatic heterocycles. The molecule has 0 saturated carbocycles. The number of halogens is 1. The Bertz CT molecular complexity index is 1500. The molecule has 2 N–H and O–H groups in total. The molecule has 0 fully saturated rings. The van der Waals surface area contributed by atoms with Crippen molar-refractivity contribution in [1.29, 1.82) is 0 Å². The summed E-state index contributed by atoms with van der Waals surface area (Å²) < 4.78 is 28.7. The van der Waals surface area contributed by atoms with Crippen LogP contribution in [0.1, 0.15) is 5.69 Å². The van der Waals surface area contributed by atoms with Crippen LogP contribution >= 0.6 is 0 Å². The van der Waals surface area contributed by atoms with Crippen LogP contribution in [-0.4, -0.2) is 55.4 Å². The number of anilines is 3. The highest BCUT2D eigenvalue weighted by molar-refractivity contribution is 5.98. The molecule has 0 unspecified atom stereocenters. The van der Waals surface area contributed by atoms with Gasteiger partial charge in [0.1, 0.15) is 23.1 Å². The minimum absolute atomic E-state index is 0.0844. The third-order valence-corrected chi connectivity index (χ3v) is 6.77. The van der Waals surface area contributed by atoms with Gasteiger partial charge in [0.05, 0.1) is 42.8 Å². The molecule has 11 heteroatoms. The lowest BCUT2D eigenvalue weighted by Gasteiger charge is -2.21. The molecule has 0 amide bonds. The smallest absolute Gasteiger partial charge is 0.294 e. The molecular weight excluding hydrogens is 491 g/mol. The molecule has 0 atom stereocenters. The van der Waals surface area contributed by atoms with E-state index in [0.29, 0.717) is 61.4 Å². The molecule has 2 aromatic carbocycles. The first kappa shape index (κ1) is 25.4. The van der Waals surface area contributed by atoms with Gasteiger partial charge in [-0.3, -0.25) is 10.1 Å². The first-order valence-corrected chi connectivity index (χ1v) is 12.3. The Kier molecular flexibility index (Phi) is 7.12. The zero-order valence-electron chi connectivity index (χ0n) is 21.5. The molecule has 3 heterocycles. The Morgan fingerprint density at radius 2 is 2.11 bits per heavy atom. The highest BCUT2D eigenvalue weighted by Gasteiger charge is 2.25. The highest BCUT2D eigenvalue weighted by atomic mass is 19.1. The zero-order chi connectivity index (χ0) is 26.8. The summed E-state index contributed by atoms with van der Waals surface area (Å²) >= 11 is 0. The number of rotatable bonds is 9. The van der Waals surface area contributed by atoms with Crippen molar-refractivity contribution in [3.05, 3.63) is 70.3 Å². The van der Waals surface area contributed by atoms with E-state index in [0.717, 1.165) is 28.4 Å². The molecule has 4 aromatic rings. The number of para-hydroxylation sites is 1. The molecule has 198 valence electrons. The second-order valence-corrected chi connectivity index (χ2v) is 9.04. The second-order valence-electron chi connectivity index (χ2n) is 9.04. The summed E-state index contributed by atoms with van der Waals surface area (Å²) in [5.41, 5.74) is 3.73. The number of aromatic nitrogens is 2. The lowest BCUT2D eigenvalue weighted by molar-refractivity contribution is -0.384. The van der Waals surface area contributed by atoms with E-state index in [1.54, 1.807) is 24.1 Å². The predicted molar refractivity (Wildman–Crippen MR) is 145 cm³/mol. The van der Waals surface area contributed by atoms with E-state index in [4.69, 9.17) is 9.47 Å². The minimum atomic E-state index is -0.472. The number of pyridine rings is 1. The number of nitro benzene ring substituents is 1.